The molecule has 5 rings (SSSR count). The summed E-state index contributed by atoms with van der Waals surface area (Å²) >= 11 is 0. The standard InChI is InChI=1S/C23H25N3O4/c1-28-18-7-4-16(5-8-18)19-13-20(17-6-9-21-22(12-17)30-15-29-21)26(24-19)23(27)14-25-10-2-3-11-25/h4-9,12,20H,2-3,10-11,13-15H2,1H3. The van der Waals surface area contributed by atoms with E-state index < -0.39 is 0 Å². The van der Waals surface area contributed by atoms with Crippen molar-refractivity contribution < 1.29 is 19.0 Å². The molecule has 1 fully saturated rings. The Balaban J connectivity index is 1.44. The van der Waals surface area contributed by atoms with Gasteiger partial charge in [0.25, 0.3) is 5.91 Å². The van der Waals surface area contributed by atoms with Crippen LogP contribution in [0.1, 0.15) is 36.4 Å². The summed E-state index contributed by atoms with van der Waals surface area (Å²) in [7, 11) is 1.65. The van der Waals surface area contributed by atoms with Gasteiger partial charge in [-0.25, -0.2) is 5.01 Å². The van der Waals surface area contributed by atoms with Gasteiger partial charge in [0, 0.05) is 6.42 Å². The smallest absolute Gasteiger partial charge is 0.257 e. The Hall–Kier alpha value is -3.06. The van der Waals surface area contributed by atoms with Gasteiger partial charge in [0.1, 0.15) is 5.75 Å². The van der Waals surface area contributed by atoms with Crippen LogP contribution in [0.5, 0.6) is 17.2 Å². The van der Waals surface area contributed by atoms with Gasteiger partial charge in [-0.05, 0) is 73.5 Å². The van der Waals surface area contributed by atoms with Gasteiger partial charge >= 0.3 is 0 Å². The number of carbonyl (C=O) groups is 1. The molecule has 1 saturated heterocycles. The first-order valence-electron chi connectivity index (χ1n) is 10.4. The zero-order chi connectivity index (χ0) is 20.5. The van der Waals surface area contributed by atoms with Crippen molar-refractivity contribution in [3.63, 3.8) is 0 Å². The van der Waals surface area contributed by atoms with Gasteiger partial charge in [0.05, 0.1) is 25.4 Å². The van der Waals surface area contributed by atoms with E-state index in [9.17, 15) is 4.79 Å². The highest BCUT2D eigenvalue weighted by Crippen LogP contribution is 2.39. The summed E-state index contributed by atoms with van der Waals surface area (Å²) in [5.41, 5.74) is 2.90. The van der Waals surface area contributed by atoms with Crippen LogP contribution in [0.3, 0.4) is 0 Å². The third kappa shape index (κ3) is 3.61. The van der Waals surface area contributed by atoms with Crippen molar-refractivity contribution in [1.29, 1.82) is 0 Å². The van der Waals surface area contributed by atoms with E-state index in [0.717, 1.165) is 60.0 Å². The number of rotatable bonds is 5. The molecule has 0 aliphatic carbocycles. The minimum absolute atomic E-state index is 0.0306. The number of fused-ring (bicyclic) bond motifs is 1. The lowest BCUT2D eigenvalue weighted by Gasteiger charge is -2.24. The van der Waals surface area contributed by atoms with Gasteiger partial charge in [0.2, 0.25) is 6.79 Å². The third-order valence-electron chi connectivity index (χ3n) is 5.93. The Morgan fingerprint density at radius 3 is 2.63 bits per heavy atom. The van der Waals surface area contributed by atoms with Crippen molar-refractivity contribution >= 4 is 11.6 Å². The number of carbonyl (C=O) groups excluding carboxylic acids is 1. The monoisotopic (exact) mass is 407 g/mol. The number of nitrogens with zero attached hydrogens (tertiary/aromatic N) is 3. The number of ether oxygens (including phenoxy) is 3. The number of likely N-dealkylation sites (tertiary alicyclic amines) is 1. The molecule has 3 aliphatic rings. The molecule has 7 nitrogen and oxygen atoms in total. The van der Waals surface area contributed by atoms with E-state index in [1.807, 2.05) is 42.5 Å². The van der Waals surface area contributed by atoms with E-state index >= 15 is 0 Å². The third-order valence-corrected chi connectivity index (χ3v) is 5.93. The minimum atomic E-state index is -0.160. The second-order valence-corrected chi connectivity index (χ2v) is 7.83. The molecule has 0 saturated carbocycles. The fourth-order valence-electron chi connectivity index (χ4n) is 4.28. The molecule has 1 atom stereocenters. The Morgan fingerprint density at radius 1 is 1.10 bits per heavy atom. The quantitative estimate of drug-likeness (QED) is 0.762. The van der Waals surface area contributed by atoms with Crippen molar-refractivity contribution in [3.05, 3.63) is 53.6 Å². The van der Waals surface area contributed by atoms with Crippen LogP contribution in [0.25, 0.3) is 0 Å². The second-order valence-electron chi connectivity index (χ2n) is 7.83. The summed E-state index contributed by atoms with van der Waals surface area (Å²) in [4.78, 5) is 15.4. The molecular weight excluding hydrogens is 382 g/mol. The lowest BCUT2D eigenvalue weighted by Crippen LogP contribution is -2.36. The van der Waals surface area contributed by atoms with Gasteiger partial charge in [-0.15, -0.1) is 0 Å². The molecule has 0 N–H and O–H groups in total. The Morgan fingerprint density at radius 2 is 1.87 bits per heavy atom. The molecule has 1 unspecified atom stereocenters. The zero-order valence-corrected chi connectivity index (χ0v) is 17.0. The van der Waals surface area contributed by atoms with Crippen LogP contribution in [0.2, 0.25) is 0 Å². The summed E-state index contributed by atoms with van der Waals surface area (Å²) in [6, 6.07) is 13.5. The summed E-state index contributed by atoms with van der Waals surface area (Å²) < 4.78 is 16.3. The first-order chi connectivity index (χ1) is 14.7. The minimum Gasteiger partial charge on any atom is -0.497 e. The van der Waals surface area contributed by atoms with Crippen LogP contribution in [0, 0.1) is 0 Å². The molecule has 3 heterocycles. The van der Waals surface area contributed by atoms with Crippen molar-refractivity contribution in [2.75, 3.05) is 33.5 Å². The van der Waals surface area contributed by atoms with Gasteiger partial charge in [-0.1, -0.05) is 6.07 Å². The summed E-state index contributed by atoms with van der Waals surface area (Å²) in [6.07, 6.45) is 2.95. The maximum atomic E-state index is 13.2. The number of methoxy groups -OCH3 is 1. The normalized spacial score (nSPS) is 20.5. The predicted octanol–water partition coefficient (Wildman–Crippen LogP) is 3.20. The van der Waals surface area contributed by atoms with Gasteiger partial charge < -0.3 is 14.2 Å². The van der Waals surface area contributed by atoms with Crippen molar-refractivity contribution in [2.24, 2.45) is 5.10 Å². The molecule has 0 aromatic heterocycles. The number of hydrazone groups is 1. The SMILES string of the molecule is COc1ccc(C2=NN(C(=O)CN3CCCC3)C(c3ccc4c(c3)OCO4)C2)cc1. The number of benzene rings is 2. The average molecular weight is 407 g/mol. The van der Waals surface area contributed by atoms with E-state index in [0.29, 0.717) is 13.0 Å². The van der Waals surface area contributed by atoms with Gasteiger partial charge in [0.15, 0.2) is 11.5 Å². The molecule has 0 bridgehead atoms. The molecular formula is C23H25N3O4. The zero-order valence-electron chi connectivity index (χ0n) is 17.0. The van der Waals surface area contributed by atoms with Crippen LogP contribution in [-0.4, -0.2) is 55.1 Å². The Labute approximate surface area is 175 Å². The van der Waals surface area contributed by atoms with Crippen LogP contribution >= 0.6 is 0 Å². The van der Waals surface area contributed by atoms with Crippen LogP contribution < -0.4 is 14.2 Å². The summed E-state index contributed by atoms with van der Waals surface area (Å²) in [5.74, 6) is 2.29. The molecule has 30 heavy (non-hydrogen) atoms. The summed E-state index contributed by atoms with van der Waals surface area (Å²) in [5, 5.41) is 6.43. The molecule has 7 heteroatoms. The number of amides is 1. The lowest BCUT2D eigenvalue weighted by molar-refractivity contribution is -0.134. The van der Waals surface area contributed by atoms with E-state index in [2.05, 4.69) is 4.90 Å². The largest absolute Gasteiger partial charge is 0.497 e. The highest BCUT2D eigenvalue weighted by molar-refractivity contribution is 6.03. The number of hydrogen-bond acceptors (Lipinski definition) is 6. The van der Waals surface area contributed by atoms with E-state index in [-0.39, 0.29) is 18.7 Å². The van der Waals surface area contributed by atoms with E-state index in [4.69, 9.17) is 19.3 Å². The van der Waals surface area contributed by atoms with Crippen molar-refractivity contribution in [2.45, 2.75) is 25.3 Å². The number of hydrogen-bond donors (Lipinski definition) is 0. The fourth-order valence-corrected chi connectivity index (χ4v) is 4.28. The highest BCUT2D eigenvalue weighted by Gasteiger charge is 2.34. The second kappa shape index (κ2) is 7.99. The highest BCUT2D eigenvalue weighted by atomic mass is 16.7. The molecule has 156 valence electrons. The first-order valence-corrected chi connectivity index (χ1v) is 10.4. The lowest BCUT2D eigenvalue weighted by atomic mass is 9.98. The Bertz CT molecular complexity index is 967. The molecule has 0 radical (unpaired) electrons. The average Bonchev–Trinajstić information content (AvgIpc) is 3.53. The molecule has 2 aromatic rings. The van der Waals surface area contributed by atoms with E-state index in [1.54, 1.807) is 12.1 Å². The van der Waals surface area contributed by atoms with Gasteiger partial charge in [-0.3, -0.25) is 9.69 Å². The fraction of sp³-hybridized carbons (Fsp3) is 0.391. The molecule has 0 spiro atoms. The van der Waals surface area contributed by atoms with Crippen molar-refractivity contribution in [3.8, 4) is 17.2 Å². The maximum Gasteiger partial charge on any atom is 0.257 e. The van der Waals surface area contributed by atoms with Crippen LogP contribution in [0.4, 0.5) is 0 Å². The van der Waals surface area contributed by atoms with Crippen molar-refractivity contribution in [1.82, 2.24) is 9.91 Å². The predicted molar refractivity (Wildman–Crippen MR) is 112 cm³/mol. The van der Waals surface area contributed by atoms with Crippen LogP contribution in [-0.2, 0) is 4.79 Å². The Kier molecular flexibility index (Phi) is 5.04. The summed E-state index contributed by atoms with van der Waals surface area (Å²) in [6.45, 7) is 2.59. The molecule has 3 aliphatic heterocycles. The topological polar surface area (TPSA) is 63.6 Å². The molecule has 1 amide bonds. The molecule has 2 aromatic carbocycles. The first kappa shape index (κ1) is 18.9. The van der Waals surface area contributed by atoms with Gasteiger partial charge in [-0.2, -0.15) is 5.10 Å². The van der Waals surface area contributed by atoms with Crippen LogP contribution in [0.15, 0.2) is 47.6 Å². The van der Waals surface area contributed by atoms with E-state index in [1.165, 1.54) is 0 Å². The maximum absolute atomic E-state index is 13.2.